The van der Waals surface area contributed by atoms with E-state index in [-0.39, 0.29) is 5.57 Å². The number of hydrogen-bond donors (Lipinski definition) is 1. The van der Waals surface area contributed by atoms with Gasteiger partial charge in [0.2, 0.25) is 0 Å². The molecule has 6 nitrogen and oxygen atoms in total. The van der Waals surface area contributed by atoms with Crippen molar-refractivity contribution in [1.82, 2.24) is 9.78 Å². The largest absolute Gasteiger partial charge is 0.465 e. The Morgan fingerprint density at radius 2 is 2.08 bits per heavy atom. The molecular weight excluding hydrogens is 304 g/mol. The van der Waals surface area contributed by atoms with Crippen molar-refractivity contribution in [3.05, 3.63) is 71.8 Å². The highest BCUT2D eigenvalue weighted by atomic mass is 16.3. The van der Waals surface area contributed by atoms with Gasteiger partial charge in [-0.05, 0) is 31.2 Å². The van der Waals surface area contributed by atoms with Crippen molar-refractivity contribution in [2.24, 2.45) is 0 Å². The maximum Gasteiger partial charge on any atom is 0.267 e. The Morgan fingerprint density at radius 1 is 1.29 bits per heavy atom. The van der Waals surface area contributed by atoms with E-state index >= 15 is 0 Å². The van der Waals surface area contributed by atoms with Crippen molar-refractivity contribution in [3.8, 4) is 11.8 Å². The standard InChI is InChI=1S/C18H14N4O2/c1-13-12-22(15-6-3-2-4-7-15)21-17(13)20-18(23)14(11-19)10-16-8-5-9-24-16/h2-10,12H,1H3,(H,20,21,23)/b14-10+. The van der Waals surface area contributed by atoms with E-state index in [4.69, 9.17) is 4.42 Å². The zero-order valence-electron chi connectivity index (χ0n) is 12.9. The number of amides is 1. The van der Waals surface area contributed by atoms with Gasteiger partial charge in [0.15, 0.2) is 5.82 Å². The topological polar surface area (TPSA) is 83.9 Å². The number of nitrogens with zero attached hydrogens (tertiary/aromatic N) is 3. The van der Waals surface area contributed by atoms with E-state index in [0.717, 1.165) is 11.3 Å². The van der Waals surface area contributed by atoms with Gasteiger partial charge in [-0.15, -0.1) is 5.10 Å². The van der Waals surface area contributed by atoms with Crippen LogP contribution in [0, 0.1) is 18.3 Å². The zero-order chi connectivity index (χ0) is 16.9. The van der Waals surface area contributed by atoms with Gasteiger partial charge in [-0.3, -0.25) is 4.79 Å². The third-order valence-electron chi connectivity index (χ3n) is 3.34. The van der Waals surface area contributed by atoms with Crippen LogP contribution in [0.25, 0.3) is 11.8 Å². The summed E-state index contributed by atoms with van der Waals surface area (Å²) in [6.07, 6.45) is 4.68. The molecule has 6 heteroatoms. The molecule has 24 heavy (non-hydrogen) atoms. The van der Waals surface area contributed by atoms with Gasteiger partial charge in [-0.25, -0.2) is 4.68 Å². The van der Waals surface area contributed by atoms with Crippen molar-refractivity contribution >= 4 is 17.8 Å². The molecule has 1 N–H and O–H groups in total. The van der Waals surface area contributed by atoms with Crippen molar-refractivity contribution in [3.63, 3.8) is 0 Å². The van der Waals surface area contributed by atoms with E-state index < -0.39 is 5.91 Å². The number of para-hydroxylation sites is 1. The highest BCUT2D eigenvalue weighted by molar-refractivity contribution is 6.09. The second-order valence-electron chi connectivity index (χ2n) is 5.08. The molecule has 1 aromatic carbocycles. The van der Waals surface area contributed by atoms with Crippen LogP contribution in [-0.2, 0) is 4.79 Å². The summed E-state index contributed by atoms with van der Waals surface area (Å²) >= 11 is 0. The average Bonchev–Trinajstić information content (AvgIpc) is 3.23. The van der Waals surface area contributed by atoms with E-state index in [1.807, 2.05) is 49.5 Å². The van der Waals surface area contributed by atoms with Gasteiger partial charge in [0.05, 0.1) is 12.0 Å². The molecule has 0 fully saturated rings. The number of hydrogen-bond acceptors (Lipinski definition) is 4. The third-order valence-corrected chi connectivity index (χ3v) is 3.34. The number of carbonyl (C=O) groups excluding carboxylic acids is 1. The molecule has 1 amide bonds. The molecule has 0 aliphatic carbocycles. The van der Waals surface area contributed by atoms with E-state index in [9.17, 15) is 10.1 Å². The van der Waals surface area contributed by atoms with Crippen LogP contribution in [-0.4, -0.2) is 15.7 Å². The minimum absolute atomic E-state index is 0.0568. The van der Waals surface area contributed by atoms with Crippen LogP contribution in [0.2, 0.25) is 0 Å². The van der Waals surface area contributed by atoms with E-state index in [1.165, 1.54) is 12.3 Å². The smallest absolute Gasteiger partial charge is 0.267 e. The number of nitrogens with one attached hydrogen (secondary N) is 1. The fourth-order valence-electron chi connectivity index (χ4n) is 2.14. The van der Waals surface area contributed by atoms with Crippen LogP contribution in [0.1, 0.15) is 11.3 Å². The fraction of sp³-hybridized carbons (Fsp3) is 0.0556. The molecule has 3 aromatic rings. The lowest BCUT2D eigenvalue weighted by Crippen LogP contribution is -2.14. The van der Waals surface area contributed by atoms with E-state index in [1.54, 1.807) is 16.8 Å². The molecular formula is C18H14N4O2. The first-order chi connectivity index (χ1) is 11.7. The quantitative estimate of drug-likeness (QED) is 0.591. The van der Waals surface area contributed by atoms with Crippen molar-refractivity contribution in [2.75, 3.05) is 5.32 Å². The Labute approximate surface area is 138 Å². The molecule has 2 aromatic heterocycles. The van der Waals surface area contributed by atoms with Crippen LogP contribution >= 0.6 is 0 Å². The zero-order valence-corrected chi connectivity index (χ0v) is 12.9. The second-order valence-corrected chi connectivity index (χ2v) is 5.08. The number of anilines is 1. The molecule has 0 aliphatic rings. The first-order valence-corrected chi connectivity index (χ1v) is 7.26. The molecule has 0 unspecified atom stereocenters. The maximum absolute atomic E-state index is 12.3. The SMILES string of the molecule is Cc1cn(-c2ccccc2)nc1NC(=O)/C(C#N)=C/c1ccco1. The molecule has 0 aliphatic heterocycles. The van der Waals surface area contributed by atoms with Crippen LogP contribution < -0.4 is 5.32 Å². The first kappa shape index (κ1) is 15.3. The Morgan fingerprint density at radius 3 is 2.75 bits per heavy atom. The predicted octanol–water partition coefficient (Wildman–Crippen LogP) is 3.32. The minimum Gasteiger partial charge on any atom is -0.465 e. The van der Waals surface area contributed by atoms with Crippen LogP contribution in [0.15, 0.2) is 64.9 Å². The lowest BCUT2D eigenvalue weighted by Gasteiger charge is -2.02. The van der Waals surface area contributed by atoms with Gasteiger partial charge in [-0.2, -0.15) is 5.26 Å². The van der Waals surface area contributed by atoms with E-state index in [0.29, 0.717) is 11.6 Å². The maximum atomic E-state index is 12.3. The number of aryl methyl sites for hydroxylation is 1. The van der Waals surface area contributed by atoms with Gasteiger partial charge in [0, 0.05) is 17.8 Å². The summed E-state index contributed by atoms with van der Waals surface area (Å²) in [4.78, 5) is 12.3. The van der Waals surface area contributed by atoms with Gasteiger partial charge >= 0.3 is 0 Å². The minimum atomic E-state index is -0.532. The second kappa shape index (κ2) is 6.67. The number of nitriles is 1. The Bertz CT molecular complexity index is 916. The summed E-state index contributed by atoms with van der Waals surface area (Å²) in [7, 11) is 0. The Hall–Kier alpha value is -3.59. The number of carbonyl (C=O) groups is 1. The number of rotatable bonds is 4. The average molecular weight is 318 g/mol. The monoisotopic (exact) mass is 318 g/mol. The first-order valence-electron chi connectivity index (χ1n) is 7.26. The molecule has 2 heterocycles. The third kappa shape index (κ3) is 3.25. The van der Waals surface area contributed by atoms with Gasteiger partial charge < -0.3 is 9.73 Å². The molecule has 0 saturated heterocycles. The van der Waals surface area contributed by atoms with Gasteiger partial charge in [-0.1, -0.05) is 18.2 Å². The van der Waals surface area contributed by atoms with E-state index in [2.05, 4.69) is 10.4 Å². The molecule has 0 saturated carbocycles. The molecule has 3 rings (SSSR count). The van der Waals surface area contributed by atoms with Gasteiger partial charge in [0.25, 0.3) is 5.91 Å². The molecule has 0 bridgehead atoms. The molecule has 0 spiro atoms. The Balaban J connectivity index is 1.82. The van der Waals surface area contributed by atoms with Crippen molar-refractivity contribution < 1.29 is 9.21 Å². The van der Waals surface area contributed by atoms with Crippen molar-refractivity contribution in [2.45, 2.75) is 6.92 Å². The van der Waals surface area contributed by atoms with Crippen molar-refractivity contribution in [1.29, 1.82) is 5.26 Å². The number of furan rings is 1. The van der Waals surface area contributed by atoms with Crippen LogP contribution in [0.4, 0.5) is 5.82 Å². The van der Waals surface area contributed by atoms with Crippen LogP contribution in [0.3, 0.4) is 0 Å². The van der Waals surface area contributed by atoms with Gasteiger partial charge in [0.1, 0.15) is 17.4 Å². The lowest BCUT2D eigenvalue weighted by molar-refractivity contribution is -0.112. The molecule has 0 atom stereocenters. The lowest BCUT2D eigenvalue weighted by atomic mass is 10.2. The summed E-state index contributed by atoms with van der Waals surface area (Å²) in [6, 6.07) is 14.8. The molecule has 0 radical (unpaired) electrons. The summed E-state index contributed by atoms with van der Waals surface area (Å²) in [6.45, 7) is 1.84. The molecule has 118 valence electrons. The number of benzene rings is 1. The summed E-state index contributed by atoms with van der Waals surface area (Å²) in [5.41, 5.74) is 1.62. The summed E-state index contributed by atoms with van der Waals surface area (Å²) in [5.74, 6) is 0.313. The van der Waals surface area contributed by atoms with Crippen LogP contribution in [0.5, 0.6) is 0 Å². The highest BCUT2D eigenvalue weighted by Gasteiger charge is 2.14. The fourth-order valence-corrected chi connectivity index (χ4v) is 2.14. The predicted molar refractivity (Wildman–Crippen MR) is 89.2 cm³/mol. The Kier molecular flexibility index (Phi) is 4.25. The normalized spacial score (nSPS) is 11.1. The number of aromatic nitrogens is 2. The summed E-state index contributed by atoms with van der Waals surface area (Å²) in [5, 5.41) is 16.2. The summed E-state index contributed by atoms with van der Waals surface area (Å²) < 4.78 is 6.80. The highest BCUT2D eigenvalue weighted by Crippen LogP contribution is 2.17.